The number of carbonyl (C=O) groups is 1. The third-order valence-corrected chi connectivity index (χ3v) is 3.46. The van der Waals surface area contributed by atoms with E-state index in [1.165, 1.54) is 25.6 Å². The van der Waals surface area contributed by atoms with Crippen molar-refractivity contribution in [1.82, 2.24) is 9.97 Å². The minimum Gasteiger partial charge on any atom is -0.479 e. The molecular weight excluding hydrogens is 283 g/mol. The minimum atomic E-state index is -0.358. The fraction of sp³-hybridized carbons (Fsp3) is 0.100. The Bertz CT molecular complexity index is 571. The molecule has 0 spiro atoms. The molecule has 0 aliphatic rings. The van der Waals surface area contributed by atoms with E-state index in [0.29, 0.717) is 14.2 Å². The molecule has 2 aromatic heterocycles. The van der Waals surface area contributed by atoms with Gasteiger partial charge in [-0.1, -0.05) is 23.2 Å². The number of ketones is 1. The highest BCUT2D eigenvalue weighted by atomic mass is 35.5. The lowest BCUT2D eigenvalue weighted by molar-refractivity contribution is 0.103. The second kappa shape index (κ2) is 5.00. The molecule has 0 bridgehead atoms. The first-order chi connectivity index (χ1) is 8.13. The fourth-order valence-electron chi connectivity index (χ4n) is 1.25. The van der Waals surface area contributed by atoms with Gasteiger partial charge in [-0.15, -0.1) is 11.3 Å². The third-order valence-electron chi connectivity index (χ3n) is 1.97. The summed E-state index contributed by atoms with van der Waals surface area (Å²) >= 11 is 12.8. The van der Waals surface area contributed by atoms with Gasteiger partial charge < -0.3 is 4.74 Å². The topological polar surface area (TPSA) is 52.1 Å². The molecule has 0 fully saturated rings. The SMILES string of the molecule is COc1nccnc1C(=O)c1cc(Cl)sc1Cl. The summed E-state index contributed by atoms with van der Waals surface area (Å²) in [6.07, 6.45) is 2.86. The predicted molar refractivity (Wildman–Crippen MR) is 66.4 cm³/mol. The van der Waals surface area contributed by atoms with Crippen molar-refractivity contribution in [3.8, 4) is 5.88 Å². The second-order valence-electron chi connectivity index (χ2n) is 2.98. The Kier molecular flexibility index (Phi) is 3.61. The Morgan fingerprint density at radius 1 is 1.35 bits per heavy atom. The van der Waals surface area contributed by atoms with Crippen LogP contribution in [-0.2, 0) is 0 Å². The molecule has 0 N–H and O–H groups in total. The van der Waals surface area contributed by atoms with Crippen LogP contribution in [0.5, 0.6) is 5.88 Å². The Balaban J connectivity index is 2.47. The lowest BCUT2D eigenvalue weighted by Crippen LogP contribution is -2.07. The number of carbonyl (C=O) groups excluding carboxylic acids is 1. The lowest BCUT2D eigenvalue weighted by atomic mass is 10.1. The van der Waals surface area contributed by atoms with Crippen molar-refractivity contribution < 1.29 is 9.53 Å². The lowest BCUT2D eigenvalue weighted by Gasteiger charge is -2.03. The van der Waals surface area contributed by atoms with Gasteiger partial charge in [-0.05, 0) is 6.07 Å². The van der Waals surface area contributed by atoms with E-state index in [-0.39, 0.29) is 17.4 Å². The summed E-state index contributed by atoms with van der Waals surface area (Å²) in [6, 6.07) is 1.50. The van der Waals surface area contributed by atoms with E-state index in [2.05, 4.69) is 9.97 Å². The molecule has 0 atom stereocenters. The zero-order valence-electron chi connectivity index (χ0n) is 8.61. The number of methoxy groups -OCH3 is 1. The average Bonchev–Trinajstić information content (AvgIpc) is 2.67. The maximum Gasteiger partial charge on any atom is 0.243 e. The van der Waals surface area contributed by atoms with Crippen LogP contribution >= 0.6 is 34.5 Å². The summed E-state index contributed by atoms with van der Waals surface area (Å²) in [6.45, 7) is 0. The van der Waals surface area contributed by atoms with Crippen molar-refractivity contribution in [3.05, 3.63) is 38.4 Å². The summed E-state index contributed by atoms with van der Waals surface area (Å²) in [5.41, 5.74) is 0.423. The van der Waals surface area contributed by atoms with Crippen molar-refractivity contribution in [2.75, 3.05) is 7.11 Å². The number of hydrogen-bond acceptors (Lipinski definition) is 5. The number of thiophene rings is 1. The standard InChI is InChI=1S/C10H6Cl2N2O2S/c1-16-10-7(13-2-3-14-10)8(15)5-4-6(11)17-9(5)12/h2-4H,1H3. The second-order valence-corrected chi connectivity index (χ2v) is 5.27. The van der Waals surface area contributed by atoms with E-state index in [1.807, 2.05) is 0 Å². The van der Waals surface area contributed by atoms with Crippen LogP contribution in [0.2, 0.25) is 8.67 Å². The first kappa shape index (κ1) is 12.3. The number of halogens is 2. The summed E-state index contributed by atoms with van der Waals surface area (Å²) in [7, 11) is 1.42. The van der Waals surface area contributed by atoms with Crippen LogP contribution in [0.15, 0.2) is 18.5 Å². The van der Waals surface area contributed by atoms with Crippen LogP contribution < -0.4 is 4.74 Å². The predicted octanol–water partition coefficient (Wildman–Crippen LogP) is 3.08. The number of hydrogen-bond donors (Lipinski definition) is 0. The molecule has 0 amide bonds. The van der Waals surface area contributed by atoms with Crippen molar-refractivity contribution in [3.63, 3.8) is 0 Å². The summed E-state index contributed by atoms with van der Waals surface area (Å²) in [5.74, 6) is -0.195. The molecule has 0 aliphatic heterocycles. The van der Waals surface area contributed by atoms with Crippen molar-refractivity contribution in [2.24, 2.45) is 0 Å². The highest BCUT2D eigenvalue weighted by molar-refractivity contribution is 7.20. The number of nitrogens with zero attached hydrogens (tertiary/aromatic N) is 2. The van der Waals surface area contributed by atoms with Crippen LogP contribution in [0, 0.1) is 0 Å². The molecule has 0 aromatic carbocycles. The van der Waals surface area contributed by atoms with Crippen LogP contribution in [0.1, 0.15) is 16.1 Å². The van der Waals surface area contributed by atoms with Gasteiger partial charge >= 0.3 is 0 Å². The van der Waals surface area contributed by atoms with Gasteiger partial charge in [-0.25, -0.2) is 9.97 Å². The zero-order chi connectivity index (χ0) is 12.4. The maximum atomic E-state index is 12.1. The highest BCUT2D eigenvalue weighted by Crippen LogP contribution is 2.33. The van der Waals surface area contributed by atoms with Gasteiger partial charge in [0.25, 0.3) is 0 Å². The Morgan fingerprint density at radius 2 is 2.06 bits per heavy atom. The normalized spacial score (nSPS) is 10.3. The van der Waals surface area contributed by atoms with Crippen molar-refractivity contribution in [2.45, 2.75) is 0 Å². The molecule has 88 valence electrons. The number of ether oxygens (including phenoxy) is 1. The van der Waals surface area contributed by atoms with E-state index in [1.54, 1.807) is 0 Å². The molecule has 0 radical (unpaired) electrons. The highest BCUT2D eigenvalue weighted by Gasteiger charge is 2.21. The molecule has 0 aliphatic carbocycles. The molecule has 0 saturated carbocycles. The van der Waals surface area contributed by atoms with E-state index in [9.17, 15) is 4.79 Å². The summed E-state index contributed by atoms with van der Waals surface area (Å²) in [4.78, 5) is 20.0. The Hall–Kier alpha value is -1.17. The molecule has 17 heavy (non-hydrogen) atoms. The molecule has 7 heteroatoms. The van der Waals surface area contributed by atoms with E-state index in [4.69, 9.17) is 27.9 Å². The molecule has 0 unspecified atom stereocenters. The van der Waals surface area contributed by atoms with E-state index >= 15 is 0 Å². The molecular formula is C10H6Cl2N2O2S. The Morgan fingerprint density at radius 3 is 2.65 bits per heavy atom. The molecule has 4 nitrogen and oxygen atoms in total. The van der Waals surface area contributed by atoms with Gasteiger partial charge in [-0.3, -0.25) is 4.79 Å². The molecule has 0 saturated heterocycles. The van der Waals surface area contributed by atoms with E-state index < -0.39 is 0 Å². The molecule has 2 heterocycles. The maximum absolute atomic E-state index is 12.1. The first-order valence-corrected chi connectivity index (χ1v) is 6.05. The van der Waals surface area contributed by atoms with Gasteiger partial charge in [0.1, 0.15) is 4.34 Å². The van der Waals surface area contributed by atoms with Gasteiger partial charge in [0, 0.05) is 12.4 Å². The van der Waals surface area contributed by atoms with Crippen LogP contribution in [0.25, 0.3) is 0 Å². The van der Waals surface area contributed by atoms with Crippen molar-refractivity contribution in [1.29, 1.82) is 0 Å². The van der Waals surface area contributed by atoms with Gasteiger partial charge in [-0.2, -0.15) is 0 Å². The van der Waals surface area contributed by atoms with Crippen LogP contribution in [-0.4, -0.2) is 22.9 Å². The van der Waals surface area contributed by atoms with E-state index in [0.717, 1.165) is 11.3 Å². The van der Waals surface area contributed by atoms with Crippen molar-refractivity contribution >= 4 is 40.3 Å². The largest absolute Gasteiger partial charge is 0.479 e. The van der Waals surface area contributed by atoms with Gasteiger partial charge in [0.15, 0.2) is 5.69 Å². The Labute approximate surface area is 111 Å². The number of rotatable bonds is 3. The summed E-state index contributed by atoms with van der Waals surface area (Å²) in [5, 5.41) is 0. The number of aromatic nitrogens is 2. The average molecular weight is 289 g/mol. The zero-order valence-corrected chi connectivity index (χ0v) is 10.9. The quantitative estimate of drug-likeness (QED) is 0.815. The third kappa shape index (κ3) is 2.41. The van der Waals surface area contributed by atoms with Gasteiger partial charge in [0.2, 0.25) is 11.7 Å². The fourth-order valence-corrected chi connectivity index (χ4v) is 2.71. The van der Waals surface area contributed by atoms with Gasteiger partial charge in [0.05, 0.1) is 17.0 Å². The minimum absolute atomic E-state index is 0.117. The smallest absolute Gasteiger partial charge is 0.243 e. The molecule has 2 aromatic rings. The summed E-state index contributed by atoms with van der Waals surface area (Å²) < 4.78 is 5.74. The molecule has 2 rings (SSSR count). The monoisotopic (exact) mass is 288 g/mol. The first-order valence-electron chi connectivity index (χ1n) is 4.48. The van der Waals surface area contributed by atoms with Crippen LogP contribution in [0.4, 0.5) is 0 Å². The van der Waals surface area contributed by atoms with Crippen LogP contribution in [0.3, 0.4) is 0 Å².